The Hall–Kier alpha value is -2.56. The van der Waals surface area contributed by atoms with Gasteiger partial charge in [0.25, 0.3) is 0 Å². The fraction of sp³-hybridized carbons (Fsp3) is 0. The summed E-state index contributed by atoms with van der Waals surface area (Å²) >= 11 is 0. The summed E-state index contributed by atoms with van der Waals surface area (Å²) in [4.78, 5) is 12.0. The first-order valence-corrected chi connectivity index (χ1v) is 4.96. The van der Waals surface area contributed by atoms with Gasteiger partial charge in [-0.05, 0) is 12.1 Å². The smallest absolute Gasteiger partial charge is 0.306 e. The van der Waals surface area contributed by atoms with Crippen molar-refractivity contribution in [1.29, 1.82) is 0 Å². The van der Waals surface area contributed by atoms with E-state index in [4.69, 9.17) is 4.42 Å². The Morgan fingerprint density at radius 3 is 1.82 bits per heavy atom. The first-order valence-electron chi connectivity index (χ1n) is 4.96. The van der Waals surface area contributed by atoms with Crippen molar-refractivity contribution in [3.05, 3.63) is 41.3 Å². The molecule has 2 N–H and O–H groups in total. The number of fused-ring (bicyclic) bond motifs is 2. The first-order chi connectivity index (χ1) is 8.15. The van der Waals surface area contributed by atoms with Crippen LogP contribution in [0.5, 0.6) is 11.5 Å². The monoisotopic (exact) mass is 230 g/mol. The van der Waals surface area contributed by atoms with E-state index in [-0.39, 0.29) is 22.7 Å². The first kappa shape index (κ1) is 9.65. The van der Waals surface area contributed by atoms with Gasteiger partial charge >= 0.3 is 11.0 Å². The Morgan fingerprint density at radius 1 is 0.882 bits per heavy atom. The molecule has 0 aliphatic rings. The zero-order valence-corrected chi connectivity index (χ0v) is 8.62. The third-order valence-electron chi connectivity index (χ3n) is 2.54. The van der Waals surface area contributed by atoms with E-state index in [1.54, 1.807) is 0 Å². The molecular formula is C12H8NO4+. The van der Waals surface area contributed by atoms with Crippen LogP contribution in [0.2, 0.25) is 0 Å². The Balaban J connectivity index is 2.57. The number of aromatic hydroxyl groups is 2. The zero-order valence-electron chi connectivity index (χ0n) is 8.62. The minimum Gasteiger partial charge on any atom is -0.508 e. The van der Waals surface area contributed by atoms with E-state index in [2.05, 4.69) is 0 Å². The lowest BCUT2D eigenvalue weighted by Crippen LogP contribution is -2.15. The molecule has 0 radical (unpaired) electrons. The summed E-state index contributed by atoms with van der Waals surface area (Å²) in [5, 5.41) is 18.7. The van der Waals surface area contributed by atoms with Crippen molar-refractivity contribution in [3.63, 3.8) is 0 Å². The molecule has 5 heteroatoms. The van der Waals surface area contributed by atoms with E-state index in [0.717, 1.165) is 0 Å². The molecule has 17 heavy (non-hydrogen) atoms. The molecular weight excluding hydrogens is 222 g/mol. The molecule has 3 rings (SSSR count). The summed E-state index contributed by atoms with van der Waals surface area (Å²) in [6, 6.07) is 8.50. The van der Waals surface area contributed by atoms with Gasteiger partial charge in [0.15, 0.2) is 0 Å². The second kappa shape index (κ2) is 3.21. The number of hydrogen-bond acceptors (Lipinski definition) is 4. The molecule has 0 atom stereocenters. The molecule has 0 bridgehead atoms. The maximum absolute atomic E-state index is 12.0. The maximum atomic E-state index is 12.0. The minimum absolute atomic E-state index is 0.0146. The largest absolute Gasteiger partial charge is 0.508 e. The summed E-state index contributed by atoms with van der Waals surface area (Å²) < 4.78 is 6.15. The van der Waals surface area contributed by atoms with Gasteiger partial charge in [-0.15, -0.1) is 0 Å². The molecule has 0 saturated heterocycles. The van der Waals surface area contributed by atoms with Gasteiger partial charge in [0, 0.05) is 29.2 Å². The highest BCUT2D eigenvalue weighted by Crippen LogP contribution is 2.23. The quantitative estimate of drug-likeness (QED) is 0.457. The Morgan fingerprint density at radius 2 is 1.35 bits per heavy atom. The van der Waals surface area contributed by atoms with Crippen LogP contribution in [0.3, 0.4) is 0 Å². The molecule has 0 spiro atoms. The normalized spacial score (nSPS) is 11.1. The van der Waals surface area contributed by atoms with Crippen LogP contribution in [0.25, 0.3) is 22.2 Å². The van der Waals surface area contributed by atoms with Gasteiger partial charge in [-0.1, -0.05) is 0 Å². The number of phenolic OH excluding ortho intramolecular Hbond substituents is 2. The topological polar surface area (TPSA) is 76.6 Å². The molecule has 0 fully saturated rings. The van der Waals surface area contributed by atoms with Crippen LogP contribution in [0.15, 0.2) is 40.8 Å². The van der Waals surface area contributed by atoms with Crippen molar-refractivity contribution in [1.82, 2.24) is 0 Å². The van der Waals surface area contributed by atoms with Crippen molar-refractivity contribution in [2.45, 2.75) is 0 Å². The Labute approximate surface area is 94.8 Å². The SMILES string of the molecule is O=[n+]1c2ccc(O)cc2oc2cc(O)ccc21. The van der Waals surface area contributed by atoms with Crippen molar-refractivity contribution in [2.75, 3.05) is 0 Å². The van der Waals surface area contributed by atoms with Gasteiger partial charge in [-0.3, -0.25) is 0 Å². The van der Waals surface area contributed by atoms with Gasteiger partial charge in [0.1, 0.15) is 11.5 Å². The highest BCUT2D eigenvalue weighted by Gasteiger charge is 2.16. The molecule has 0 unspecified atom stereocenters. The second-order valence-corrected chi connectivity index (χ2v) is 3.70. The molecule has 1 heterocycles. The van der Waals surface area contributed by atoms with Crippen molar-refractivity contribution in [2.24, 2.45) is 0 Å². The second-order valence-electron chi connectivity index (χ2n) is 3.70. The van der Waals surface area contributed by atoms with Gasteiger partial charge < -0.3 is 14.6 Å². The number of benzene rings is 2. The van der Waals surface area contributed by atoms with Crippen LogP contribution in [-0.4, -0.2) is 10.2 Å². The fourth-order valence-electron chi connectivity index (χ4n) is 1.75. The van der Waals surface area contributed by atoms with E-state index < -0.39 is 0 Å². The van der Waals surface area contributed by atoms with Crippen LogP contribution in [0.1, 0.15) is 0 Å². The van der Waals surface area contributed by atoms with Crippen LogP contribution in [0, 0.1) is 4.91 Å². The standard InChI is InChI=1S/C12H7NO4/c14-7-1-3-9-11(5-7)17-12-6-8(15)2-4-10(12)13(9)16/h1-6H,(H-,14,15,16)/p+1. The summed E-state index contributed by atoms with van der Waals surface area (Å²) in [6.45, 7) is 0. The van der Waals surface area contributed by atoms with E-state index in [1.165, 1.54) is 36.4 Å². The molecule has 5 nitrogen and oxygen atoms in total. The Kier molecular flexibility index (Phi) is 1.82. The third kappa shape index (κ3) is 1.40. The van der Waals surface area contributed by atoms with Crippen molar-refractivity contribution in [3.8, 4) is 11.5 Å². The summed E-state index contributed by atoms with van der Waals surface area (Å²) in [7, 11) is 0. The van der Waals surface area contributed by atoms with Crippen LogP contribution in [0.4, 0.5) is 0 Å². The maximum Gasteiger partial charge on any atom is 0.306 e. The van der Waals surface area contributed by atoms with Crippen LogP contribution >= 0.6 is 0 Å². The van der Waals surface area contributed by atoms with E-state index in [9.17, 15) is 15.1 Å². The average molecular weight is 230 g/mol. The third-order valence-corrected chi connectivity index (χ3v) is 2.54. The summed E-state index contributed by atoms with van der Waals surface area (Å²) in [6.07, 6.45) is 0. The van der Waals surface area contributed by atoms with E-state index >= 15 is 0 Å². The molecule has 0 aliphatic carbocycles. The lowest BCUT2D eigenvalue weighted by molar-refractivity contribution is -0.433. The minimum atomic E-state index is 0.0146. The van der Waals surface area contributed by atoms with E-state index in [1.807, 2.05) is 0 Å². The predicted octanol–water partition coefficient (Wildman–Crippen LogP) is 1.91. The summed E-state index contributed by atoms with van der Waals surface area (Å²) in [5.41, 5.74) is 1.16. The molecule has 0 saturated carbocycles. The molecule has 3 aromatic rings. The molecule has 1 aromatic heterocycles. The van der Waals surface area contributed by atoms with Crippen LogP contribution < -0.4 is 4.43 Å². The van der Waals surface area contributed by atoms with Gasteiger partial charge in [0.05, 0.1) is 4.43 Å². The highest BCUT2D eigenvalue weighted by molar-refractivity contribution is 5.79. The van der Waals surface area contributed by atoms with Gasteiger partial charge in [-0.25, -0.2) is 0 Å². The average Bonchev–Trinajstić information content (AvgIpc) is 2.28. The van der Waals surface area contributed by atoms with Crippen molar-refractivity contribution >= 4 is 22.2 Å². The molecule has 0 amide bonds. The molecule has 84 valence electrons. The van der Waals surface area contributed by atoms with Crippen LogP contribution in [-0.2, 0) is 0 Å². The fourth-order valence-corrected chi connectivity index (χ4v) is 1.75. The highest BCUT2D eigenvalue weighted by atomic mass is 16.3. The van der Waals surface area contributed by atoms with Crippen molar-refractivity contribution < 1.29 is 19.1 Å². The van der Waals surface area contributed by atoms with E-state index in [0.29, 0.717) is 15.5 Å². The lowest BCUT2D eigenvalue weighted by atomic mass is 10.2. The number of nitrogens with zero attached hydrogens (tertiary/aromatic N) is 1. The molecule has 2 aromatic carbocycles. The number of rotatable bonds is 0. The summed E-state index contributed by atoms with van der Waals surface area (Å²) in [5.74, 6) is 0.0292. The molecule has 0 aliphatic heterocycles. The zero-order chi connectivity index (χ0) is 12.0. The number of phenols is 2. The number of hydrogen-bond donors (Lipinski definition) is 2. The number of aromatic nitrogens is 1. The predicted molar refractivity (Wildman–Crippen MR) is 60.4 cm³/mol. The van der Waals surface area contributed by atoms with Gasteiger partial charge in [-0.2, -0.15) is 0 Å². The lowest BCUT2D eigenvalue weighted by Gasteiger charge is -1.96. The van der Waals surface area contributed by atoms with Gasteiger partial charge in [0.2, 0.25) is 11.2 Å². The Bertz CT molecular complexity index is 728.